The predicted molar refractivity (Wildman–Crippen MR) is 57.4 cm³/mol. The molecule has 2 rings (SSSR count). The Morgan fingerprint density at radius 2 is 1.75 bits per heavy atom. The molecule has 0 saturated carbocycles. The number of nitrogens with zero attached hydrogens (tertiary/aromatic N) is 3. The monoisotopic (exact) mass is 221 g/mol. The molecular formula is C10H11N3O3. The Hall–Kier alpha value is -2.24. The molecule has 6 heteroatoms. The van der Waals surface area contributed by atoms with Gasteiger partial charge in [-0.1, -0.05) is 0 Å². The minimum absolute atomic E-state index is 0.0559. The normalized spacial score (nSPS) is 10.4. The maximum absolute atomic E-state index is 9.31. The van der Waals surface area contributed by atoms with Crippen LogP contribution in [0.25, 0.3) is 11.5 Å². The molecule has 0 aliphatic heterocycles. The van der Waals surface area contributed by atoms with E-state index < -0.39 is 0 Å². The van der Waals surface area contributed by atoms with Crippen molar-refractivity contribution in [2.45, 2.75) is 0 Å². The molecule has 2 N–H and O–H groups in total. The highest BCUT2D eigenvalue weighted by molar-refractivity contribution is 5.59. The van der Waals surface area contributed by atoms with Gasteiger partial charge in [0.05, 0.1) is 0 Å². The molecule has 0 unspecified atom stereocenters. The smallest absolute Gasteiger partial charge is 0.265 e. The number of phenolic OH excluding ortho intramolecular Hbond substituents is 2. The van der Waals surface area contributed by atoms with E-state index in [2.05, 4.69) is 10.1 Å². The maximum Gasteiger partial charge on any atom is 0.265 e. The molecule has 6 nitrogen and oxygen atoms in total. The fourth-order valence-corrected chi connectivity index (χ4v) is 1.23. The summed E-state index contributed by atoms with van der Waals surface area (Å²) in [5.41, 5.74) is 0.470. The second kappa shape index (κ2) is 3.73. The van der Waals surface area contributed by atoms with Gasteiger partial charge in [-0.15, -0.1) is 0 Å². The number of rotatable bonds is 2. The van der Waals surface area contributed by atoms with Crippen LogP contribution in [0.1, 0.15) is 0 Å². The lowest BCUT2D eigenvalue weighted by atomic mass is 10.2. The Bertz CT molecular complexity index is 488. The summed E-state index contributed by atoms with van der Waals surface area (Å²) in [6.45, 7) is 0. The number of hydrogen-bond acceptors (Lipinski definition) is 6. The van der Waals surface area contributed by atoms with Crippen LogP contribution in [-0.2, 0) is 0 Å². The van der Waals surface area contributed by atoms with Crippen LogP contribution >= 0.6 is 0 Å². The zero-order valence-electron chi connectivity index (χ0n) is 8.88. The molecule has 0 amide bonds. The first-order chi connectivity index (χ1) is 7.56. The fraction of sp³-hybridized carbons (Fsp3) is 0.200. The molecular weight excluding hydrogens is 210 g/mol. The molecule has 0 bridgehead atoms. The highest BCUT2D eigenvalue weighted by atomic mass is 16.5. The zero-order chi connectivity index (χ0) is 11.7. The van der Waals surface area contributed by atoms with E-state index in [-0.39, 0.29) is 17.4 Å². The van der Waals surface area contributed by atoms with Crippen molar-refractivity contribution in [2.75, 3.05) is 19.0 Å². The van der Waals surface area contributed by atoms with Gasteiger partial charge in [0.25, 0.3) is 11.8 Å². The van der Waals surface area contributed by atoms with E-state index in [1.54, 1.807) is 19.0 Å². The SMILES string of the molecule is CN(C)c1noc(-c2cc(O)cc(O)c2)n1. The van der Waals surface area contributed by atoms with Crippen LogP contribution in [0.2, 0.25) is 0 Å². The summed E-state index contributed by atoms with van der Waals surface area (Å²) < 4.78 is 5.00. The van der Waals surface area contributed by atoms with Crippen molar-refractivity contribution in [1.82, 2.24) is 10.1 Å². The van der Waals surface area contributed by atoms with Crippen LogP contribution in [-0.4, -0.2) is 34.4 Å². The van der Waals surface area contributed by atoms with Gasteiger partial charge in [-0.3, -0.25) is 0 Å². The van der Waals surface area contributed by atoms with Crippen molar-refractivity contribution in [3.05, 3.63) is 18.2 Å². The lowest BCUT2D eigenvalue weighted by Gasteiger charge is -2.02. The first-order valence-electron chi connectivity index (χ1n) is 4.60. The Kier molecular flexibility index (Phi) is 2.40. The van der Waals surface area contributed by atoms with Crippen molar-refractivity contribution in [1.29, 1.82) is 0 Å². The second-order valence-electron chi connectivity index (χ2n) is 3.53. The molecule has 0 radical (unpaired) electrons. The fourth-order valence-electron chi connectivity index (χ4n) is 1.23. The van der Waals surface area contributed by atoms with Crippen molar-refractivity contribution < 1.29 is 14.7 Å². The maximum atomic E-state index is 9.31. The number of anilines is 1. The van der Waals surface area contributed by atoms with Gasteiger partial charge in [0.15, 0.2) is 0 Å². The summed E-state index contributed by atoms with van der Waals surface area (Å²) in [6, 6.07) is 4.10. The van der Waals surface area contributed by atoms with Crippen LogP contribution in [0.15, 0.2) is 22.7 Å². The number of phenols is 2. The summed E-state index contributed by atoms with van der Waals surface area (Å²) in [5, 5.41) is 22.3. The molecule has 16 heavy (non-hydrogen) atoms. The standard InChI is InChI=1S/C10H11N3O3/c1-13(2)10-11-9(16-12-10)6-3-7(14)5-8(15)4-6/h3-5,14-15H,1-2H3. The van der Waals surface area contributed by atoms with Crippen molar-refractivity contribution in [2.24, 2.45) is 0 Å². The molecule has 0 spiro atoms. The topological polar surface area (TPSA) is 82.6 Å². The van der Waals surface area contributed by atoms with Gasteiger partial charge >= 0.3 is 0 Å². The van der Waals surface area contributed by atoms with Gasteiger partial charge in [0, 0.05) is 25.7 Å². The average molecular weight is 221 g/mol. The minimum atomic E-state index is -0.0559. The van der Waals surface area contributed by atoms with Gasteiger partial charge in [0.1, 0.15) is 11.5 Å². The van der Waals surface area contributed by atoms with Crippen LogP contribution in [0, 0.1) is 0 Å². The third-order valence-corrected chi connectivity index (χ3v) is 1.96. The van der Waals surface area contributed by atoms with E-state index in [0.717, 1.165) is 0 Å². The molecule has 0 aliphatic rings. The summed E-state index contributed by atoms with van der Waals surface area (Å²) in [4.78, 5) is 5.78. The molecule has 0 aliphatic carbocycles. The first kappa shape index (κ1) is 10.3. The lowest BCUT2D eigenvalue weighted by Crippen LogP contribution is -2.09. The lowest BCUT2D eigenvalue weighted by molar-refractivity contribution is 0.427. The summed E-state index contributed by atoms with van der Waals surface area (Å²) in [5.74, 6) is 0.562. The van der Waals surface area contributed by atoms with Crippen molar-refractivity contribution in [3.8, 4) is 23.0 Å². The van der Waals surface area contributed by atoms with E-state index >= 15 is 0 Å². The second-order valence-corrected chi connectivity index (χ2v) is 3.53. The number of benzene rings is 1. The molecule has 0 saturated heterocycles. The molecule has 84 valence electrons. The van der Waals surface area contributed by atoms with Gasteiger partial charge in [-0.25, -0.2) is 0 Å². The van der Waals surface area contributed by atoms with E-state index in [1.807, 2.05) is 0 Å². The van der Waals surface area contributed by atoms with Gasteiger partial charge < -0.3 is 19.6 Å². The van der Waals surface area contributed by atoms with Gasteiger partial charge in [-0.05, 0) is 17.3 Å². The third kappa shape index (κ3) is 1.90. The van der Waals surface area contributed by atoms with E-state index in [0.29, 0.717) is 11.5 Å². The molecule has 1 aromatic heterocycles. The summed E-state index contributed by atoms with van der Waals surface area (Å²) >= 11 is 0. The summed E-state index contributed by atoms with van der Waals surface area (Å²) in [6.07, 6.45) is 0. The number of aromatic nitrogens is 2. The van der Waals surface area contributed by atoms with E-state index in [1.165, 1.54) is 18.2 Å². The van der Waals surface area contributed by atoms with Crippen LogP contribution in [0.3, 0.4) is 0 Å². The molecule has 1 aromatic carbocycles. The number of aromatic hydroxyl groups is 2. The van der Waals surface area contributed by atoms with Crippen molar-refractivity contribution >= 4 is 5.95 Å². The zero-order valence-corrected chi connectivity index (χ0v) is 8.88. The first-order valence-corrected chi connectivity index (χ1v) is 4.60. The van der Waals surface area contributed by atoms with Crippen molar-refractivity contribution in [3.63, 3.8) is 0 Å². The highest BCUT2D eigenvalue weighted by Gasteiger charge is 2.11. The van der Waals surface area contributed by atoms with E-state index in [4.69, 9.17) is 4.52 Å². The minimum Gasteiger partial charge on any atom is -0.508 e. The predicted octanol–water partition coefficient (Wildman–Crippen LogP) is 1.21. The van der Waals surface area contributed by atoms with Gasteiger partial charge in [-0.2, -0.15) is 4.98 Å². The molecule has 2 aromatic rings. The Balaban J connectivity index is 2.42. The third-order valence-electron chi connectivity index (χ3n) is 1.96. The molecule has 1 heterocycles. The van der Waals surface area contributed by atoms with Crippen LogP contribution in [0.4, 0.5) is 5.95 Å². The Labute approximate surface area is 91.8 Å². The van der Waals surface area contributed by atoms with Crippen LogP contribution < -0.4 is 4.90 Å². The summed E-state index contributed by atoms with van der Waals surface area (Å²) in [7, 11) is 3.57. The van der Waals surface area contributed by atoms with E-state index in [9.17, 15) is 10.2 Å². The van der Waals surface area contributed by atoms with Crippen LogP contribution in [0.5, 0.6) is 11.5 Å². The molecule has 0 atom stereocenters. The largest absolute Gasteiger partial charge is 0.508 e. The average Bonchev–Trinajstić information content (AvgIpc) is 2.64. The Morgan fingerprint density at radius 1 is 1.12 bits per heavy atom. The van der Waals surface area contributed by atoms with Gasteiger partial charge in [0.2, 0.25) is 0 Å². The Morgan fingerprint density at radius 3 is 2.25 bits per heavy atom. The molecule has 0 fully saturated rings. The quantitative estimate of drug-likeness (QED) is 0.793. The number of hydrogen-bond donors (Lipinski definition) is 2. The highest BCUT2D eigenvalue weighted by Crippen LogP contribution is 2.28.